The molecule has 150 valence electrons. The van der Waals surface area contributed by atoms with Gasteiger partial charge in [0.1, 0.15) is 5.52 Å². The van der Waals surface area contributed by atoms with Crippen molar-refractivity contribution in [1.29, 1.82) is 0 Å². The van der Waals surface area contributed by atoms with E-state index in [0.29, 0.717) is 38.7 Å². The van der Waals surface area contributed by atoms with Crippen LogP contribution in [0.5, 0.6) is 0 Å². The minimum atomic E-state index is -0.378. The molecule has 8 heteroatoms. The lowest BCUT2D eigenvalue weighted by atomic mass is 10.1. The summed E-state index contributed by atoms with van der Waals surface area (Å²) in [5.41, 5.74) is 1.61. The van der Waals surface area contributed by atoms with E-state index in [1.807, 2.05) is 29.2 Å². The SMILES string of the molecule is CC(C)N1CCNC(=O)C1CC(=O)N1CCN(c2nc3ccccc3o2)CC1. The van der Waals surface area contributed by atoms with Crippen LogP contribution >= 0.6 is 0 Å². The minimum absolute atomic E-state index is 0.0323. The van der Waals surface area contributed by atoms with E-state index in [-0.39, 0.29) is 30.3 Å². The van der Waals surface area contributed by atoms with Crippen LogP contribution in [0.3, 0.4) is 0 Å². The zero-order valence-corrected chi connectivity index (χ0v) is 16.4. The Morgan fingerprint density at radius 3 is 2.68 bits per heavy atom. The Labute approximate surface area is 164 Å². The molecule has 1 unspecified atom stereocenters. The number of hydrogen-bond donors (Lipinski definition) is 1. The number of piperazine rings is 2. The van der Waals surface area contributed by atoms with Crippen molar-refractivity contribution in [2.24, 2.45) is 0 Å². The standard InChI is InChI=1S/C20H27N5O3/c1-14(2)25-8-7-21-19(27)16(25)13-18(26)23-9-11-24(12-10-23)20-22-15-5-3-4-6-17(15)28-20/h3-6,14,16H,7-13H2,1-2H3,(H,21,27). The number of fused-ring (bicyclic) bond motifs is 1. The molecule has 1 aromatic heterocycles. The number of aromatic nitrogens is 1. The van der Waals surface area contributed by atoms with E-state index >= 15 is 0 Å². The first-order valence-corrected chi connectivity index (χ1v) is 9.94. The van der Waals surface area contributed by atoms with Gasteiger partial charge in [0.2, 0.25) is 11.8 Å². The average molecular weight is 385 g/mol. The van der Waals surface area contributed by atoms with Crippen molar-refractivity contribution in [3.05, 3.63) is 24.3 Å². The Balaban J connectivity index is 1.36. The fourth-order valence-corrected chi connectivity index (χ4v) is 4.00. The molecule has 0 saturated carbocycles. The summed E-state index contributed by atoms with van der Waals surface area (Å²) in [7, 11) is 0. The van der Waals surface area contributed by atoms with E-state index in [1.165, 1.54) is 0 Å². The lowest BCUT2D eigenvalue weighted by molar-refractivity contribution is -0.139. The zero-order valence-electron chi connectivity index (χ0n) is 16.4. The monoisotopic (exact) mass is 385 g/mol. The van der Waals surface area contributed by atoms with E-state index in [4.69, 9.17) is 4.42 Å². The minimum Gasteiger partial charge on any atom is -0.423 e. The third-order valence-electron chi connectivity index (χ3n) is 5.59. The summed E-state index contributed by atoms with van der Waals surface area (Å²) in [6.07, 6.45) is 0.229. The molecule has 4 rings (SSSR count). The van der Waals surface area contributed by atoms with E-state index < -0.39 is 0 Å². The Hall–Kier alpha value is -2.61. The predicted molar refractivity (Wildman–Crippen MR) is 106 cm³/mol. The van der Waals surface area contributed by atoms with Gasteiger partial charge in [0, 0.05) is 45.3 Å². The molecule has 8 nitrogen and oxygen atoms in total. The summed E-state index contributed by atoms with van der Waals surface area (Å²) in [5.74, 6) is -0.0108. The number of oxazole rings is 1. The van der Waals surface area contributed by atoms with Gasteiger partial charge in [0.15, 0.2) is 5.58 Å². The maximum absolute atomic E-state index is 12.8. The van der Waals surface area contributed by atoms with Crippen LogP contribution in [-0.2, 0) is 9.59 Å². The molecule has 0 bridgehead atoms. The van der Waals surface area contributed by atoms with Gasteiger partial charge < -0.3 is 19.5 Å². The molecule has 2 amide bonds. The van der Waals surface area contributed by atoms with Gasteiger partial charge in [-0.25, -0.2) is 0 Å². The topological polar surface area (TPSA) is 81.9 Å². The number of carbonyl (C=O) groups is 2. The summed E-state index contributed by atoms with van der Waals surface area (Å²) in [6, 6.07) is 8.16. The van der Waals surface area contributed by atoms with E-state index in [9.17, 15) is 9.59 Å². The van der Waals surface area contributed by atoms with Gasteiger partial charge in [-0.3, -0.25) is 14.5 Å². The van der Waals surface area contributed by atoms with Crippen molar-refractivity contribution in [3.63, 3.8) is 0 Å². The third-order valence-corrected chi connectivity index (χ3v) is 5.59. The number of benzene rings is 1. The van der Waals surface area contributed by atoms with Crippen LogP contribution < -0.4 is 10.2 Å². The second kappa shape index (κ2) is 7.79. The lowest BCUT2D eigenvalue weighted by Crippen LogP contribution is -2.59. The first-order valence-electron chi connectivity index (χ1n) is 9.94. The van der Waals surface area contributed by atoms with Crippen LogP contribution in [0.25, 0.3) is 11.1 Å². The van der Waals surface area contributed by atoms with Crippen molar-refractivity contribution in [1.82, 2.24) is 20.1 Å². The van der Waals surface area contributed by atoms with Crippen LogP contribution in [0.4, 0.5) is 6.01 Å². The summed E-state index contributed by atoms with van der Waals surface area (Å²) >= 11 is 0. The molecule has 0 radical (unpaired) electrons. The second-order valence-corrected chi connectivity index (χ2v) is 7.67. The molecule has 2 aliphatic rings. The smallest absolute Gasteiger partial charge is 0.298 e. The second-order valence-electron chi connectivity index (χ2n) is 7.67. The number of anilines is 1. The van der Waals surface area contributed by atoms with Crippen molar-refractivity contribution in [2.45, 2.75) is 32.4 Å². The van der Waals surface area contributed by atoms with E-state index in [1.54, 1.807) is 0 Å². The molecule has 3 heterocycles. The molecule has 2 aliphatic heterocycles. The van der Waals surface area contributed by atoms with Crippen molar-refractivity contribution >= 4 is 28.9 Å². The highest BCUT2D eigenvalue weighted by Crippen LogP contribution is 2.23. The highest BCUT2D eigenvalue weighted by Gasteiger charge is 2.35. The predicted octanol–water partition coefficient (Wildman–Crippen LogP) is 1.08. The van der Waals surface area contributed by atoms with Crippen molar-refractivity contribution in [2.75, 3.05) is 44.2 Å². The summed E-state index contributed by atoms with van der Waals surface area (Å²) in [6.45, 7) is 8.11. The van der Waals surface area contributed by atoms with Gasteiger partial charge in [0.25, 0.3) is 6.01 Å². The largest absolute Gasteiger partial charge is 0.423 e. The van der Waals surface area contributed by atoms with Crippen molar-refractivity contribution in [3.8, 4) is 0 Å². The number of hydrogen-bond acceptors (Lipinski definition) is 6. The maximum Gasteiger partial charge on any atom is 0.298 e. The molecular formula is C20H27N5O3. The van der Waals surface area contributed by atoms with Crippen LogP contribution in [0.15, 0.2) is 28.7 Å². The molecular weight excluding hydrogens is 358 g/mol. The number of amides is 2. The Kier molecular flexibility index (Phi) is 5.21. The molecule has 2 fully saturated rings. The van der Waals surface area contributed by atoms with Crippen LogP contribution in [-0.4, -0.2) is 78.0 Å². The maximum atomic E-state index is 12.8. The van der Waals surface area contributed by atoms with E-state index in [2.05, 4.69) is 33.9 Å². The molecule has 2 aromatic rings. The molecule has 2 saturated heterocycles. The van der Waals surface area contributed by atoms with Gasteiger partial charge >= 0.3 is 0 Å². The van der Waals surface area contributed by atoms with Crippen LogP contribution in [0, 0.1) is 0 Å². The third kappa shape index (κ3) is 3.69. The van der Waals surface area contributed by atoms with Crippen LogP contribution in [0.2, 0.25) is 0 Å². The Bertz CT molecular complexity index is 823. The first kappa shape index (κ1) is 18.7. The molecule has 28 heavy (non-hydrogen) atoms. The Morgan fingerprint density at radius 1 is 1.21 bits per heavy atom. The quantitative estimate of drug-likeness (QED) is 0.848. The van der Waals surface area contributed by atoms with Gasteiger partial charge in [-0.1, -0.05) is 12.1 Å². The first-order chi connectivity index (χ1) is 13.5. The normalized spacial score (nSPS) is 21.4. The number of carbonyl (C=O) groups excluding carboxylic acids is 2. The van der Waals surface area contributed by atoms with Crippen molar-refractivity contribution < 1.29 is 14.0 Å². The number of rotatable bonds is 4. The lowest BCUT2D eigenvalue weighted by Gasteiger charge is -2.39. The van der Waals surface area contributed by atoms with Gasteiger partial charge in [-0.05, 0) is 26.0 Å². The van der Waals surface area contributed by atoms with Gasteiger partial charge in [0.05, 0.1) is 12.5 Å². The van der Waals surface area contributed by atoms with Crippen LogP contribution in [0.1, 0.15) is 20.3 Å². The highest BCUT2D eigenvalue weighted by atomic mass is 16.4. The number of nitrogens with zero attached hydrogens (tertiary/aromatic N) is 4. The highest BCUT2D eigenvalue weighted by molar-refractivity contribution is 5.89. The van der Waals surface area contributed by atoms with E-state index in [0.717, 1.165) is 17.6 Å². The van der Waals surface area contributed by atoms with Gasteiger partial charge in [-0.15, -0.1) is 0 Å². The number of para-hydroxylation sites is 2. The fraction of sp³-hybridized carbons (Fsp3) is 0.550. The molecule has 0 spiro atoms. The molecule has 1 atom stereocenters. The summed E-state index contributed by atoms with van der Waals surface area (Å²) in [5, 5.41) is 2.89. The molecule has 1 aromatic carbocycles. The van der Waals surface area contributed by atoms with Gasteiger partial charge in [-0.2, -0.15) is 4.98 Å². The molecule has 1 N–H and O–H groups in total. The Morgan fingerprint density at radius 2 is 1.96 bits per heavy atom. The average Bonchev–Trinajstić information content (AvgIpc) is 3.13. The molecule has 0 aliphatic carbocycles. The summed E-state index contributed by atoms with van der Waals surface area (Å²) < 4.78 is 5.83. The number of nitrogens with one attached hydrogen (secondary N) is 1. The fourth-order valence-electron chi connectivity index (χ4n) is 4.00. The summed E-state index contributed by atoms with van der Waals surface area (Å²) in [4.78, 5) is 35.7. The zero-order chi connectivity index (χ0) is 19.7.